The molecule has 1 aromatic heterocycles. The Labute approximate surface area is 177 Å². The van der Waals surface area contributed by atoms with E-state index in [1.165, 1.54) is 37.7 Å². The first-order valence-electron chi connectivity index (χ1n) is 10.2. The fourth-order valence-corrected chi connectivity index (χ4v) is 4.59. The van der Waals surface area contributed by atoms with Crippen molar-refractivity contribution in [2.75, 3.05) is 6.54 Å². The van der Waals surface area contributed by atoms with Gasteiger partial charge in [0.1, 0.15) is 5.15 Å². The lowest BCUT2D eigenvalue weighted by molar-refractivity contribution is 0.187. The largest absolute Gasteiger partial charge is 0.294 e. The summed E-state index contributed by atoms with van der Waals surface area (Å²) in [6.45, 7) is 2.82. The Balaban J connectivity index is 1.56. The number of benzene rings is 2. The summed E-state index contributed by atoms with van der Waals surface area (Å²) >= 11 is 12.6. The van der Waals surface area contributed by atoms with Crippen LogP contribution in [0.25, 0.3) is 10.9 Å². The average molecular weight is 413 g/mol. The maximum absolute atomic E-state index is 6.56. The van der Waals surface area contributed by atoms with E-state index in [1.807, 2.05) is 24.3 Å². The zero-order valence-electron chi connectivity index (χ0n) is 16.1. The third kappa shape index (κ3) is 5.05. The van der Waals surface area contributed by atoms with E-state index < -0.39 is 0 Å². The predicted octanol–water partition coefficient (Wildman–Crippen LogP) is 7.12. The van der Waals surface area contributed by atoms with Gasteiger partial charge in [-0.3, -0.25) is 4.90 Å². The standard InChI is InChI=1S/C24H26Cl2N2/c25-22-12-10-19(11-13-22)16-28(15-18-6-2-1-3-7-18)17-21-14-20-8-4-5-9-23(20)27-24(21)26/h4-5,8-14,18H,1-3,6-7,15-17H2. The Hall–Kier alpha value is -1.61. The van der Waals surface area contributed by atoms with Gasteiger partial charge in [-0.2, -0.15) is 0 Å². The number of para-hydroxylation sites is 1. The van der Waals surface area contributed by atoms with Crippen molar-refractivity contribution < 1.29 is 0 Å². The molecule has 1 heterocycles. The molecule has 2 aromatic carbocycles. The maximum Gasteiger partial charge on any atom is 0.134 e. The Morgan fingerprint density at radius 3 is 2.43 bits per heavy atom. The Morgan fingerprint density at radius 1 is 0.893 bits per heavy atom. The van der Waals surface area contributed by atoms with E-state index in [0.717, 1.165) is 47.0 Å². The minimum atomic E-state index is 0.614. The van der Waals surface area contributed by atoms with Crippen LogP contribution in [0.15, 0.2) is 54.6 Å². The van der Waals surface area contributed by atoms with E-state index in [2.05, 4.69) is 40.2 Å². The van der Waals surface area contributed by atoms with Crippen LogP contribution in [0.3, 0.4) is 0 Å². The highest BCUT2D eigenvalue weighted by atomic mass is 35.5. The molecule has 4 rings (SSSR count). The second-order valence-corrected chi connectivity index (χ2v) is 8.73. The summed E-state index contributed by atoms with van der Waals surface area (Å²) in [6.07, 6.45) is 6.77. The van der Waals surface area contributed by atoms with Gasteiger partial charge in [-0.1, -0.05) is 72.8 Å². The van der Waals surface area contributed by atoms with Gasteiger partial charge < -0.3 is 0 Å². The number of fused-ring (bicyclic) bond motifs is 1. The smallest absolute Gasteiger partial charge is 0.134 e. The highest BCUT2D eigenvalue weighted by Gasteiger charge is 2.19. The van der Waals surface area contributed by atoms with Crippen LogP contribution in [0.2, 0.25) is 10.2 Å². The number of nitrogens with zero attached hydrogens (tertiary/aromatic N) is 2. The summed E-state index contributed by atoms with van der Waals surface area (Å²) in [4.78, 5) is 7.14. The van der Waals surface area contributed by atoms with Crippen molar-refractivity contribution >= 4 is 34.1 Å². The molecule has 1 aliphatic rings. The second-order valence-electron chi connectivity index (χ2n) is 7.93. The van der Waals surface area contributed by atoms with Gasteiger partial charge in [-0.15, -0.1) is 0 Å². The topological polar surface area (TPSA) is 16.1 Å². The first-order valence-corrected chi connectivity index (χ1v) is 10.9. The highest BCUT2D eigenvalue weighted by molar-refractivity contribution is 6.30. The highest BCUT2D eigenvalue weighted by Crippen LogP contribution is 2.27. The van der Waals surface area contributed by atoms with Crippen LogP contribution in [-0.2, 0) is 13.1 Å². The quantitative estimate of drug-likeness (QED) is 0.400. The Kier molecular flexibility index (Phi) is 6.51. The Morgan fingerprint density at radius 2 is 1.64 bits per heavy atom. The van der Waals surface area contributed by atoms with Crippen molar-refractivity contribution in [3.8, 4) is 0 Å². The molecule has 4 heteroatoms. The molecule has 1 fully saturated rings. The summed E-state index contributed by atoms with van der Waals surface area (Å²) in [5, 5.41) is 2.54. The molecule has 1 saturated carbocycles. The van der Waals surface area contributed by atoms with Crippen LogP contribution in [0.1, 0.15) is 43.2 Å². The van der Waals surface area contributed by atoms with Gasteiger partial charge in [0, 0.05) is 35.6 Å². The third-order valence-electron chi connectivity index (χ3n) is 5.70. The SMILES string of the molecule is Clc1ccc(CN(Cc2cc3ccccc3nc2Cl)CC2CCCCC2)cc1. The van der Waals surface area contributed by atoms with Crippen LogP contribution >= 0.6 is 23.2 Å². The molecule has 1 aliphatic carbocycles. The van der Waals surface area contributed by atoms with Gasteiger partial charge >= 0.3 is 0 Å². The average Bonchev–Trinajstić information content (AvgIpc) is 2.71. The van der Waals surface area contributed by atoms with Crippen LogP contribution in [0, 0.1) is 5.92 Å². The summed E-state index contributed by atoms with van der Waals surface area (Å²) in [7, 11) is 0. The minimum Gasteiger partial charge on any atom is -0.294 e. The van der Waals surface area contributed by atoms with Crippen molar-refractivity contribution in [3.05, 3.63) is 75.9 Å². The number of aromatic nitrogens is 1. The summed E-state index contributed by atoms with van der Waals surface area (Å²) in [5.74, 6) is 0.772. The van der Waals surface area contributed by atoms with E-state index in [0.29, 0.717) is 5.15 Å². The third-order valence-corrected chi connectivity index (χ3v) is 6.28. The van der Waals surface area contributed by atoms with Crippen LogP contribution in [0.4, 0.5) is 0 Å². The van der Waals surface area contributed by atoms with Crippen LogP contribution in [0.5, 0.6) is 0 Å². The number of hydrogen-bond acceptors (Lipinski definition) is 2. The zero-order chi connectivity index (χ0) is 19.3. The van der Waals surface area contributed by atoms with Crippen molar-refractivity contribution in [2.24, 2.45) is 5.92 Å². The van der Waals surface area contributed by atoms with E-state index in [1.54, 1.807) is 0 Å². The van der Waals surface area contributed by atoms with Crippen LogP contribution < -0.4 is 0 Å². The molecule has 0 radical (unpaired) electrons. The molecule has 0 unspecified atom stereocenters. The molecule has 0 spiro atoms. The molecule has 3 aromatic rings. The van der Waals surface area contributed by atoms with E-state index in [9.17, 15) is 0 Å². The number of hydrogen-bond donors (Lipinski definition) is 0. The van der Waals surface area contributed by atoms with Gasteiger partial charge in [0.25, 0.3) is 0 Å². The van der Waals surface area contributed by atoms with Gasteiger partial charge in [0.2, 0.25) is 0 Å². The predicted molar refractivity (Wildman–Crippen MR) is 119 cm³/mol. The fourth-order valence-electron chi connectivity index (χ4n) is 4.26. The summed E-state index contributed by atoms with van der Waals surface area (Å²) in [6, 6.07) is 18.6. The molecule has 2 nitrogen and oxygen atoms in total. The number of halogens is 2. The van der Waals surface area contributed by atoms with Crippen molar-refractivity contribution in [2.45, 2.75) is 45.2 Å². The van der Waals surface area contributed by atoms with E-state index in [4.69, 9.17) is 23.2 Å². The molecule has 0 aliphatic heterocycles. The van der Waals surface area contributed by atoms with Crippen molar-refractivity contribution in [1.29, 1.82) is 0 Å². The van der Waals surface area contributed by atoms with Gasteiger partial charge in [0.05, 0.1) is 5.52 Å². The lowest BCUT2D eigenvalue weighted by Crippen LogP contribution is -2.30. The van der Waals surface area contributed by atoms with Gasteiger partial charge in [-0.05, 0) is 48.6 Å². The molecule has 0 bridgehead atoms. The first-order chi connectivity index (χ1) is 13.7. The van der Waals surface area contributed by atoms with E-state index in [-0.39, 0.29) is 0 Å². The first kappa shape index (κ1) is 19.7. The van der Waals surface area contributed by atoms with Gasteiger partial charge in [0.15, 0.2) is 0 Å². The van der Waals surface area contributed by atoms with Crippen molar-refractivity contribution in [1.82, 2.24) is 9.88 Å². The molecular formula is C24H26Cl2N2. The van der Waals surface area contributed by atoms with Crippen LogP contribution in [-0.4, -0.2) is 16.4 Å². The number of rotatable bonds is 6. The van der Waals surface area contributed by atoms with Gasteiger partial charge in [-0.25, -0.2) is 4.98 Å². The number of pyridine rings is 1. The maximum atomic E-state index is 6.56. The molecule has 0 N–H and O–H groups in total. The minimum absolute atomic E-state index is 0.614. The molecule has 0 saturated heterocycles. The molecule has 28 heavy (non-hydrogen) atoms. The Bertz CT molecular complexity index is 918. The van der Waals surface area contributed by atoms with Crippen molar-refractivity contribution in [3.63, 3.8) is 0 Å². The summed E-state index contributed by atoms with van der Waals surface area (Å²) in [5.41, 5.74) is 3.34. The lowest BCUT2D eigenvalue weighted by atomic mass is 9.89. The second kappa shape index (κ2) is 9.26. The molecule has 146 valence electrons. The zero-order valence-corrected chi connectivity index (χ0v) is 17.6. The molecule has 0 atom stereocenters. The summed E-state index contributed by atoms with van der Waals surface area (Å²) < 4.78 is 0. The van der Waals surface area contributed by atoms with E-state index >= 15 is 0 Å². The lowest BCUT2D eigenvalue weighted by Gasteiger charge is -2.30. The monoisotopic (exact) mass is 412 g/mol. The molecule has 0 amide bonds. The fraction of sp³-hybridized carbons (Fsp3) is 0.375. The normalized spacial score (nSPS) is 15.4. The molecular weight excluding hydrogens is 387 g/mol.